The molecular weight excluding hydrogens is 196 g/mol. The summed E-state index contributed by atoms with van der Waals surface area (Å²) in [6, 6.07) is 0.711. The van der Waals surface area contributed by atoms with Crippen LogP contribution in [-0.2, 0) is 0 Å². The number of rotatable bonds is 4. The molecule has 1 N–H and O–H groups in total. The van der Waals surface area contributed by atoms with Crippen molar-refractivity contribution in [3.05, 3.63) is 0 Å². The zero-order valence-corrected chi connectivity index (χ0v) is 11.3. The van der Waals surface area contributed by atoms with Crippen molar-refractivity contribution in [1.29, 1.82) is 0 Å². The minimum Gasteiger partial charge on any atom is -0.311 e. The molecule has 0 aromatic carbocycles. The van der Waals surface area contributed by atoms with E-state index in [2.05, 4.69) is 31.0 Å². The summed E-state index contributed by atoms with van der Waals surface area (Å²) in [5.74, 6) is 0.766. The van der Waals surface area contributed by atoms with Crippen LogP contribution in [0.5, 0.6) is 0 Å². The molecule has 2 heteroatoms. The summed E-state index contributed by atoms with van der Waals surface area (Å²) in [4.78, 5) is 2.71. The maximum Gasteiger partial charge on any atom is 0.0218 e. The number of hydrogen-bond donors (Lipinski definition) is 1. The third kappa shape index (κ3) is 2.60. The molecule has 1 unspecified atom stereocenters. The lowest BCUT2D eigenvalue weighted by molar-refractivity contribution is 0.0437. The highest BCUT2D eigenvalue weighted by molar-refractivity contribution is 4.91. The van der Waals surface area contributed by atoms with Crippen LogP contribution in [0.2, 0.25) is 0 Å². The van der Waals surface area contributed by atoms with Gasteiger partial charge in [-0.2, -0.15) is 0 Å². The molecule has 1 aliphatic carbocycles. The van der Waals surface area contributed by atoms with Crippen LogP contribution in [0, 0.1) is 11.3 Å². The van der Waals surface area contributed by atoms with E-state index in [1.54, 1.807) is 0 Å². The zero-order valence-electron chi connectivity index (χ0n) is 11.3. The fourth-order valence-corrected chi connectivity index (χ4v) is 3.21. The molecule has 1 heterocycles. The van der Waals surface area contributed by atoms with Gasteiger partial charge in [-0.1, -0.05) is 27.2 Å². The van der Waals surface area contributed by atoms with Crippen molar-refractivity contribution in [2.75, 3.05) is 26.2 Å². The van der Waals surface area contributed by atoms with E-state index in [0.717, 1.165) is 5.92 Å². The van der Waals surface area contributed by atoms with E-state index in [0.29, 0.717) is 11.5 Å². The summed E-state index contributed by atoms with van der Waals surface area (Å²) in [6.07, 6.45) is 5.79. The first kappa shape index (κ1) is 12.4. The first-order chi connectivity index (χ1) is 7.65. The van der Waals surface area contributed by atoms with Gasteiger partial charge in [0, 0.05) is 32.2 Å². The molecule has 1 saturated heterocycles. The van der Waals surface area contributed by atoms with Gasteiger partial charge < -0.3 is 5.32 Å². The summed E-state index contributed by atoms with van der Waals surface area (Å²) < 4.78 is 0. The average molecular weight is 224 g/mol. The van der Waals surface area contributed by atoms with Gasteiger partial charge in [-0.3, -0.25) is 4.90 Å². The Morgan fingerprint density at radius 2 is 2.12 bits per heavy atom. The summed E-state index contributed by atoms with van der Waals surface area (Å²) in [7, 11) is 0. The van der Waals surface area contributed by atoms with Crippen molar-refractivity contribution in [2.45, 2.75) is 52.5 Å². The van der Waals surface area contributed by atoms with Crippen molar-refractivity contribution in [3.63, 3.8) is 0 Å². The van der Waals surface area contributed by atoms with Crippen LogP contribution in [0.3, 0.4) is 0 Å². The molecule has 0 spiro atoms. The SMILES string of the molecule is CCC1(CN2CCNC(C(C)C)C2)CCC1. The van der Waals surface area contributed by atoms with Gasteiger partial charge in [0.2, 0.25) is 0 Å². The van der Waals surface area contributed by atoms with Crippen LogP contribution in [0.1, 0.15) is 46.5 Å². The lowest BCUT2D eigenvalue weighted by Crippen LogP contribution is -2.55. The summed E-state index contributed by atoms with van der Waals surface area (Å²) in [5.41, 5.74) is 0.693. The molecule has 0 radical (unpaired) electrons. The summed E-state index contributed by atoms with van der Waals surface area (Å²) in [6.45, 7) is 12.1. The van der Waals surface area contributed by atoms with E-state index in [-0.39, 0.29) is 0 Å². The normalized spacial score (nSPS) is 30.4. The Bertz CT molecular complexity index is 215. The fraction of sp³-hybridized carbons (Fsp3) is 1.00. The molecule has 2 rings (SSSR count). The van der Waals surface area contributed by atoms with Gasteiger partial charge in [0.15, 0.2) is 0 Å². The van der Waals surface area contributed by atoms with E-state index >= 15 is 0 Å². The second-order valence-corrected chi connectivity index (χ2v) is 6.25. The van der Waals surface area contributed by atoms with E-state index in [4.69, 9.17) is 0 Å². The lowest BCUT2D eigenvalue weighted by atomic mass is 9.66. The molecule has 1 saturated carbocycles. The minimum absolute atomic E-state index is 0.693. The van der Waals surface area contributed by atoms with Crippen LogP contribution in [0.4, 0.5) is 0 Å². The first-order valence-electron chi connectivity index (χ1n) is 7.11. The van der Waals surface area contributed by atoms with Gasteiger partial charge in [0.1, 0.15) is 0 Å². The second-order valence-electron chi connectivity index (χ2n) is 6.25. The fourth-order valence-electron chi connectivity index (χ4n) is 3.21. The van der Waals surface area contributed by atoms with Gasteiger partial charge >= 0.3 is 0 Å². The molecular formula is C14H28N2. The van der Waals surface area contributed by atoms with Crippen LogP contribution < -0.4 is 5.32 Å². The van der Waals surface area contributed by atoms with Gasteiger partial charge in [-0.15, -0.1) is 0 Å². The predicted octanol–water partition coefficient (Wildman–Crippen LogP) is 2.50. The van der Waals surface area contributed by atoms with E-state index in [1.165, 1.54) is 51.9 Å². The standard InChI is InChI=1S/C14H28N2/c1-4-14(6-5-7-14)11-16-9-8-15-13(10-16)12(2)3/h12-13,15H,4-11H2,1-3H3. The van der Waals surface area contributed by atoms with E-state index in [1.807, 2.05) is 0 Å². The van der Waals surface area contributed by atoms with Gasteiger partial charge in [-0.05, 0) is 30.6 Å². The quantitative estimate of drug-likeness (QED) is 0.789. The Hall–Kier alpha value is -0.0800. The van der Waals surface area contributed by atoms with Crippen LogP contribution in [0.15, 0.2) is 0 Å². The number of nitrogens with zero attached hydrogens (tertiary/aromatic N) is 1. The second kappa shape index (κ2) is 5.05. The molecule has 1 aliphatic heterocycles. The average Bonchev–Trinajstić information content (AvgIpc) is 2.24. The largest absolute Gasteiger partial charge is 0.311 e. The van der Waals surface area contributed by atoms with Crippen molar-refractivity contribution in [2.24, 2.45) is 11.3 Å². The molecule has 0 aromatic heterocycles. The minimum atomic E-state index is 0.693. The van der Waals surface area contributed by atoms with Gasteiger partial charge in [0.25, 0.3) is 0 Å². The van der Waals surface area contributed by atoms with E-state index < -0.39 is 0 Å². The Labute approximate surface area is 101 Å². The number of nitrogens with one attached hydrogen (secondary N) is 1. The third-order valence-electron chi connectivity index (χ3n) is 4.82. The molecule has 1 atom stereocenters. The topological polar surface area (TPSA) is 15.3 Å². The predicted molar refractivity (Wildman–Crippen MR) is 69.6 cm³/mol. The van der Waals surface area contributed by atoms with Crippen LogP contribution in [0.25, 0.3) is 0 Å². The molecule has 94 valence electrons. The molecule has 2 fully saturated rings. The Kier molecular flexibility index (Phi) is 3.91. The Morgan fingerprint density at radius 1 is 1.38 bits per heavy atom. The van der Waals surface area contributed by atoms with E-state index in [9.17, 15) is 0 Å². The summed E-state index contributed by atoms with van der Waals surface area (Å²) in [5, 5.41) is 3.65. The van der Waals surface area contributed by atoms with Crippen molar-refractivity contribution in [1.82, 2.24) is 10.2 Å². The molecule has 2 aliphatic rings. The van der Waals surface area contributed by atoms with Crippen molar-refractivity contribution in [3.8, 4) is 0 Å². The van der Waals surface area contributed by atoms with Crippen LogP contribution in [-0.4, -0.2) is 37.1 Å². The molecule has 2 nitrogen and oxygen atoms in total. The van der Waals surface area contributed by atoms with Gasteiger partial charge in [0.05, 0.1) is 0 Å². The third-order valence-corrected chi connectivity index (χ3v) is 4.82. The van der Waals surface area contributed by atoms with Crippen LogP contribution >= 0.6 is 0 Å². The molecule has 0 aromatic rings. The smallest absolute Gasteiger partial charge is 0.0218 e. The lowest BCUT2D eigenvalue weighted by Gasteiger charge is -2.47. The maximum atomic E-state index is 3.65. The van der Waals surface area contributed by atoms with Crippen molar-refractivity contribution < 1.29 is 0 Å². The first-order valence-corrected chi connectivity index (χ1v) is 7.11. The molecule has 0 bridgehead atoms. The Morgan fingerprint density at radius 3 is 2.62 bits per heavy atom. The van der Waals surface area contributed by atoms with Crippen molar-refractivity contribution >= 4 is 0 Å². The number of hydrogen-bond acceptors (Lipinski definition) is 2. The number of piperazine rings is 1. The van der Waals surface area contributed by atoms with Gasteiger partial charge in [-0.25, -0.2) is 0 Å². The zero-order chi connectivity index (χ0) is 11.6. The maximum absolute atomic E-state index is 3.65. The Balaban J connectivity index is 1.85. The summed E-state index contributed by atoms with van der Waals surface area (Å²) >= 11 is 0. The molecule has 16 heavy (non-hydrogen) atoms. The highest BCUT2D eigenvalue weighted by atomic mass is 15.2. The monoisotopic (exact) mass is 224 g/mol. The highest BCUT2D eigenvalue weighted by Crippen LogP contribution is 2.44. The molecule has 0 amide bonds. The highest BCUT2D eigenvalue weighted by Gasteiger charge is 2.37.